The van der Waals surface area contributed by atoms with Crippen molar-refractivity contribution < 1.29 is 24.3 Å². The first kappa shape index (κ1) is 24.5. The molecule has 2 amide bonds. The van der Waals surface area contributed by atoms with E-state index in [9.17, 15) is 24.3 Å². The van der Waals surface area contributed by atoms with Crippen molar-refractivity contribution in [1.82, 2.24) is 5.32 Å². The number of rotatable bonds is 8. The third kappa shape index (κ3) is 6.44. The molecule has 0 radical (unpaired) electrons. The molecule has 7 nitrogen and oxygen atoms in total. The van der Waals surface area contributed by atoms with Crippen LogP contribution in [0, 0.1) is 12.8 Å². The van der Waals surface area contributed by atoms with E-state index in [1.54, 1.807) is 12.1 Å². The van der Waals surface area contributed by atoms with Crippen LogP contribution in [0.25, 0.3) is 0 Å². The van der Waals surface area contributed by atoms with Gasteiger partial charge in [-0.05, 0) is 48.9 Å². The van der Waals surface area contributed by atoms with Gasteiger partial charge in [-0.2, -0.15) is 0 Å². The third-order valence-corrected chi connectivity index (χ3v) is 6.72. The standard InChI is InChI=1S/C25H28N2O5S/c1-16-7-3-4-9-19(16)13-20(15-33-17(2)28)24(31)26-21-12-11-18-8-5-6-10-22(18)27(25(21)32)14-23(29)30/h3-10,20-21H,11-15H2,1-2H3,(H,26,31)(H,29,30)/t20-,21?/m1/s1. The number of carbonyl (C=O) groups excluding carboxylic acids is 3. The molecule has 0 spiro atoms. The van der Waals surface area contributed by atoms with Crippen molar-refractivity contribution in [1.29, 1.82) is 0 Å². The lowest BCUT2D eigenvalue weighted by Crippen LogP contribution is -2.51. The SMILES string of the molecule is CC(=O)SC[C@@H](Cc1ccccc1C)C(=O)NC1CCc2ccccc2N(CC(=O)O)C1=O. The molecule has 0 fully saturated rings. The Bertz CT molecular complexity index is 1050. The molecule has 0 saturated heterocycles. The van der Waals surface area contributed by atoms with Gasteiger partial charge in [0.1, 0.15) is 12.6 Å². The van der Waals surface area contributed by atoms with Crippen LogP contribution in [0.1, 0.15) is 30.0 Å². The molecule has 1 heterocycles. The molecular weight excluding hydrogens is 440 g/mol. The summed E-state index contributed by atoms with van der Waals surface area (Å²) in [5, 5.41) is 12.1. The fourth-order valence-corrected chi connectivity index (χ4v) is 4.69. The molecule has 2 aromatic rings. The second-order valence-corrected chi connectivity index (χ2v) is 9.37. The zero-order valence-corrected chi connectivity index (χ0v) is 19.6. The van der Waals surface area contributed by atoms with Crippen molar-refractivity contribution in [3.63, 3.8) is 0 Å². The zero-order valence-electron chi connectivity index (χ0n) is 18.7. The highest BCUT2D eigenvalue weighted by molar-refractivity contribution is 8.13. The molecule has 1 aliphatic heterocycles. The average molecular weight is 469 g/mol. The number of amides is 2. The van der Waals surface area contributed by atoms with Gasteiger partial charge in [-0.25, -0.2) is 0 Å². The van der Waals surface area contributed by atoms with E-state index in [0.29, 0.717) is 30.7 Å². The van der Waals surface area contributed by atoms with E-state index in [-0.39, 0.29) is 11.0 Å². The normalized spacial score (nSPS) is 16.5. The fourth-order valence-electron chi connectivity index (χ4n) is 3.99. The molecule has 2 atom stereocenters. The number of carboxylic acids is 1. The molecule has 2 N–H and O–H groups in total. The van der Waals surface area contributed by atoms with Crippen LogP contribution in [-0.2, 0) is 32.0 Å². The Morgan fingerprint density at radius 1 is 1.15 bits per heavy atom. The third-order valence-electron chi connectivity index (χ3n) is 5.74. The molecule has 8 heteroatoms. The number of nitrogens with one attached hydrogen (secondary N) is 1. The number of carboxylic acid groups (broad SMARTS) is 1. The lowest BCUT2D eigenvalue weighted by molar-refractivity contribution is -0.137. The first-order chi connectivity index (χ1) is 15.8. The molecule has 0 aromatic heterocycles. The zero-order chi connectivity index (χ0) is 24.0. The molecule has 174 valence electrons. The van der Waals surface area contributed by atoms with E-state index in [4.69, 9.17) is 0 Å². The Hall–Kier alpha value is -3.13. The summed E-state index contributed by atoms with van der Waals surface area (Å²) >= 11 is 1.09. The van der Waals surface area contributed by atoms with Crippen LogP contribution >= 0.6 is 11.8 Å². The summed E-state index contributed by atoms with van der Waals surface area (Å²) < 4.78 is 0. The number of aryl methyl sites for hydroxylation is 2. The van der Waals surface area contributed by atoms with Gasteiger partial charge in [-0.1, -0.05) is 54.2 Å². The van der Waals surface area contributed by atoms with Crippen molar-refractivity contribution in [2.45, 2.75) is 39.2 Å². The van der Waals surface area contributed by atoms with Crippen molar-refractivity contribution in [3.8, 4) is 0 Å². The van der Waals surface area contributed by atoms with Crippen LogP contribution in [0.5, 0.6) is 0 Å². The van der Waals surface area contributed by atoms with Crippen LogP contribution in [0.3, 0.4) is 0 Å². The summed E-state index contributed by atoms with van der Waals surface area (Å²) in [7, 11) is 0. The minimum atomic E-state index is -1.12. The maximum Gasteiger partial charge on any atom is 0.323 e. The van der Waals surface area contributed by atoms with Crippen molar-refractivity contribution in [2.24, 2.45) is 5.92 Å². The molecular formula is C25H28N2O5S. The quantitative estimate of drug-likeness (QED) is 0.617. The van der Waals surface area contributed by atoms with E-state index >= 15 is 0 Å². The maximum absolute atomic E-state index is 13.3. The van der Waals surface area contributed by atoms with Gasteiger partial charge in [0.25, 0.3) is 0 Å². The molecule has 0 aliphatic carbocycles. The Morgan fingerprint density at radius 3 is 2.55 bits per heavy atom. The number of para-hydroxylation sites is 1. The van der Waals surface area contributed by atoms with E-state index in [2.05, 4.69) is 5.32 Å². The number of benzene rings is 2. The summed E-state index contributed by atoms with van der Waals surface area (Å²) in [5.74, 6) is -2.09. The van der Waals surface area contributed by atoms with Gasteiger partial charge in [0, 0.05) is 18.4 Å². The first-order valence-corrected chi connectivity index (χ1v) is 11.8. The number of thioether (sulfide) groups is 1. The molecule has 2 aromatic carbocycles. The van der Waals surface area contributed by atoms with E-state index in [0.717, 1.165) is 28.5 Å². The highest BCUT2D eigenvalue weighted by Crippen LogP contribution is 2.27. The molecule has 0 saturated carbocycles. The minimum Gasteiger partial charge on any atom is -0.480 e. The van der Waals surface area contributed by atoms with Gasteiger partial charge in [0.05, 0.1) is 5.92 Å². The predicted molar refractivity (Wildman–Crippen MR) is 128 cm³/mol. The van der Waals surface area contributed by atoms with Gasteiger partial charge < -0.3 is 10.4 Å². The maximum atomic E-state index is 13.3. The summed E-state index contributed by atoms with van der Waals surface area (Å²) in [5.41, 5.74) is 3.49. The number of hydrogen-bond acceptors (Lipinski definition) is 5. The van der Waals surface area contributed by atoms with Crippen molar-refractivity contribution in [2.75, 3.05) is 17.2 Å². The predicted octanol–water partition coefficient (Wildman–Crippen LogP) is 2.98. The Labute approximate surface area is 197 Å². The summed E-state index contributed by atoms with van der Waals surface area (Å²) in [6.07, 6.45) is 1.35. The molecule has 33 heavy (non-hydrogen) atoms. The Balaban J connectivity index is 1.81. The van der Waals surface area contributed by atoms with Crippen LogP contribution in [0.15, 0.2) is 48.5 Å². The second-order valence-electron chi connectivity index (χ2n) is 8.18. The monoisotopic (exact) mass is 468 g/mol. The lowest BCUT2D eigenvalue weighted by atomic mass is 9.96. The van der Waals surface area contributed by atoms with Gasteiger partial charge in [-0.3, -0.25) is 24.1 Å². The number of fused-ring (bicyclic) bond motifs is 1. The average Bonchev–Trinajstić information content (AvgIpc) is 2.89. The summed E-state index contributed by atoms with van der Waals surface area (Å²) in [6, 6.07) is 14.1. The van der Waals surface area contributed by atoms with E-state index in [1.165, 1.54) is 11.8 Å². The number of carbonyl (C=O) groups is 4. The van der Waals surface area contributed by atoms with E-state index in [1.807, 2.05) is 43.3 Å². The fraction of sp³-hybridized carbons (Fsp3) is 0.360. The Morgan fingerprint density at radius 2 is 1.85 bits per heavy atom. The summed E-state index contributed by atoms with van der Waals surface area (Å²) in [4.78, 5) is 50.8. The van der Waals surface area contributed by atoms with Crippen molar-refractivity contribution in [3.05, 3.63) is 65.2 Å². The minimum absolute atomic E-state index is 0.0776. The van der Waals surface area contributed by atoms with Gasteiger partial charge in [0.15, 0.2) is 5.12 Å². The van der Waals surface area contributed by atoms with Gasteiger partial charge in [-0.15, -0.1) is 0 Å². The highest BCUT2D eigenvalue weighted by atomic mass is 32.2. The largest absolute Gasteiger partial charge is 0.480 e. The van der Waals surface area contributed by atoms with Crippen LogP contribution in [0.4, 0.5) is 5.69 Å². The highest BCUT2D eigenvalue weighted by Gasteiger charge is 2.34. The Kier molecular flexibility index (Phi) is 8.27. The molecule has 1 unspecified atom stereocenters. The first-order valence-electron chi connectivity index (χ1n) is 10.9. The molecule has 0 bridgehead atoms. The van der Waals surface area contributed by atoms with Crippen LogP contribution < -0.4 is 10.2 Å². The number of aliphatic carboxylic acids is 1. The number of nitrogens with zero attached hydrogens (tertiary/aromatic N) is 1. The molecule has 1 aliphatic rings. The van der Waals surface area contributed by atoms with Crippen LogP contribution in [0.2, 0.25) is 0 Å². The summed E-state index contributed by atoms with van der Waals surface area (Å²) in [6.45, 7) is 2.95. The number of hydrogen-bond donors (Lipinski definition) is 2. The molecule has 3 rings (SSSR count). The van der Waals surface area contributed by atoms with E-state index < -0.39 is 30.4 Å². The van der Waals surface area contributed by atoms with Crippen LogP contribution in [-0.4, -0.2) is 46.3 Å². The lowest BCUT2D eigenvalue weighted by Gasteiger charge is -2.26. The number of anilines is 1. The van der Waals surface area contributed by atoms with Gasteiger partial charge >= 0.3 is 5.97 Å². The topological polar surface area (TPSA) is 104 Å². The second kappa shape index (κ2) is 11.1. The van der Waals surface area contributed by atoms with Crippen molar-refractivity contribution >= 4 is 40.3 Å². The smallest absolute Gasteiger partial charge is 0.323 e. The van der Waals surface area contributed by atoms with Gasteiger partial charge in [0.2, 0.25) is 11.8 Å².